The molecule has 1 atom stereocenters. The molecule has 1 aromatic carbocycles. The molecular weight excluding hydrogens is 218 g/mol. The smallest absolute Gasteiger partial charge is 0.122 e. The van der Waals surface area contributed by atoms with Crippen molar-refractivity contribution in [3.8, 4) is 5.75 Å². The van der Waals surface area contributed by atoms with Gasteiger partial charge in [0.05, 0.1) is 6.04 Å². The van der Waals surface area contributed by atoms with Crippen LogP contribution in [0, 0.1) is 13.8 Å². The van der Waals surface area contributed by atoms with Crippen LogP contribution < -0.4 is 10.1 Å². The van der Waals surface area contributed by atoms with Gasteiger partial charge in [-0.3, -0.25) is 0 Å². The molecule has 1 aromatic rings. The van der Waals surface area contributed by atoms with Gasteiger partial charge in [-0.1, -0.05) is 12.1 Å². The number of nitrogens with one attached hydrogen (secondary N) is 1. The van der Waals surface area contributed by atoms with E-state index in [4.69, 9.17) is 4.74 Å². The summed E-state index contributed by atoms with van der Waals surface area (Å²) in [7, 11) is 0. The van der Waals surface area contributed by atoms with Crippen LogP contribution in [-0.4, -0.2) is 30.7 Å². The second-order valence-corrected chi connectivity index (χ2v) is 5.46. The lowest BCUT2D eigenvalue weighted by Gasteiger charge is -2.23. The lowest BCUT2D eigenvalue weighted by atomic mass is 10.1. The number of ether oxygens (including phenoxy) is 1. The third-order valence-corrected chi connectivity index (χ3v) is 3.91. The lowest BCUT2D eigenvalue weighted by Crippen LogP contribution is -2.41. The SMILES string of the molecule is Cc1ccc(C)c(OCC2CSCCN2)c1. The molecule has 0 aromatic heterocycles. The first-order chi connectivity index (χ1) is 7.75. The van der Waals surface area contributed by atoms with Crippen LogP contribution in [0.15, 0.2) is 18.2 Å². The molecule has 1 aliphatic heterocycles. The highest BCUT2D eigenvalue weighted by Gasteiger charge is 2.13. The molecule has 1 saturated heterocycles. The molecule has 1 fully saturated rings. The Hall–Kier alpha value is -0.670. The summed E-state index contributed by atoms with van der Waals surface area (Å²) in [6.45, 7) is 6.07. The molecule has 0 aliphatic carbocycles. The summed E-state index contributed by atoms with van der Waals surface area (Å²) in [5.74, 6) is 3.41. The molecule has 88 valence electrons. The fourth-order valence-electron chi connectivity index (χ4n) is 1.78. The first kappa shape index (κ1) is 11.8. The van der Waals surface area contributed by atoms with Gasteiger partial charge in [0, 0.05) is 18.1 Å². The van der Waals surface area contributed by atoms with E-state index in [0.29, 0.717) is 6.04 Å². The number of rotatable bonds is 3. The Morgan fingerprint density at radius 1 is 1.44 bits per heavy atom. The third-order valence-electron chi connectivity index (χ3n) is 2.78. The largest absolute Gasteiger partial charge is 0.492 e. The Kier molecular flexibility index (Phi) is 4.13. The van der Waals surface area contributed by atoms with Gasteiger partial charge >= 0.3 is 0 Å². The second-order valence-electron chi connectivity index (χ2n) is 4.31. The minimum absolute atomic E-state index is 0.499. The van der Waals surface area contributed by atoms with Crippen LogP contribution in [0.1, 0.15) is 11.1 Å². The number of thioether (sulfide) groups is 1. The van der Waals surface area contributed by atoms with Gasteiger partial charge < -0.3 is 10.1 Å². The number of benzene rings is 1. The molecule has 0 spiro atoms. The number of hydrogen-bond donors (Lipinski definition) is 1. The highest BCUT2D eigenvalue weighted by molar-refractivity contribution is 7.99. The zero-order chi connectivity index (χ0) is 11.4. The van der Waals surface area contributed by atoms with Gasteiger partial charge in [0.15, 0.2) is 0 Å². The minimum atomic E-state index is 0.499. The molecule has 1 aliphatic rings. The number of aryl methyl sites for hydroxylation is 2. The Bertz CT molecular complexity index is 348. The molecular formula is C13H19NOS. The molecule has 3 heteroatoms. The quantitative estimate of drug-likeness (QED) is 0.872. The van der Waals surface area contributed by atoms with Crippen molar-refractivity contribution >= 4 is 11.8 Å². The van der Waals surface area contributed by atoms with Crippen molar-refractivity contribution < 1.29 is 4.74 Å². The van der Waals surface area contributed by atoms with Gasteiger partial charge in [-0.05, 0) is 31.0 Å². The third kappa shape index (κ3) is 3.16. The average Bonchev–Trinajstić information content (AvgIpc) is 2.32. The van der Waals surface area contributed by atoms with Gasteiger partial charge in [0.1, 0.15) is 12.4 Å². The maximum absolute atomic E-state index is 5.88. The molecule has 1 unspecified atom stereocenters. The van der Waals surface area contributed by atoms with Gasteiger partial charge in [0.2, 0.25) is 0 Å². The summed E-state index contributed by atoms with van der Waals surface area (Å²) in [4.78, 5) is 0. The van der Waals surface area contributed by atoms with E-state index in [9.17, 15) is 0 Å². The number of hydrogen-bond acceptors (Lipinski definition) is 3. The van der Waals surface area contributed by atoms with E-state index in [1.54, 1.807) is 0 Å². The van der Waals surface area contributed by atoms with E-state index in [-0.39, 0.29) is 0 Å². The summed E-state index contributed by atoms with van der Waals surface area (Å²) in [6, 6.07) is 6.86. The molecule has 0 amide bonds. The van der Waals surface area contributed by atoms with E-state index in [2.05, 4.69) is 37.4 Å². The highest BCUT2D eigenvalue weighted by atomic mass is 32.2. The summed E-state index contributed by atoms with van der Waals surface area (Å²) >= 11 is 2.00. The average molecular weight is 237 g/mol. The molecule has 2 rings (SSSR count). The van der Waals surface area contributed by atoms with Gasteiger partial charge in [-0.2, -0.15) is 11.8 Å². The first-order valence-electron chi connectivity index (χ1n) is 5.77. The summed E-state index contributed by atoms with van der Waals surface area (Å²) < 4.78 is 5.88. The van der Waals surface area contributed by atoms with E-state index in [1.165, 1.54) is 16.9 Å². The Balaban J connectivity index is 1.90. The monoisotopic (exact) mass is 237 g/mol. The van der Waals surface area contributed by atoms with E-state index in [0.717, 1.165) is 24.7 Å². The van der Waals surface area contributed by atoms with E-state index in [1.807, 2.05) is 11.8 Å². The predicted molar refractivity (Wildman–Crippen MR) is 70.5 cm³/mol. The van der Waals surface area contributed by atoms with E-state index < -0.39 is 0 Å². The molecule has 16 heavy (non-hydrogen) atoms. The van der Waals surface area contributed by atoms with Crippen molar-refractivity contribution in [3.63, 3.8) is 0 Å². The summed E-state index contributed by atoms with van der Waals surface area (Å²) in [5, 5.41) is 3.48. The van der Waals surface area contributed by atoms with Gasteiger partial charge in [-0.25, -0.2) is 0 Å². The molecule has 1 N–H and O–H groups in total. The second kappa shape index (κ2) is 5.60. The Morgan fingerprint density at radius 2 is 2.31 bits per heavy atom. The topological polar surface area (TPSA) is 21.3 Å². The van der Waals surface area contributed by atoms with Crippen molar-refractivity contribution in [2.45, 2.75) is 19.9 Å². The van der Waals surface area contributed by atoms with Crippen molar-refractivity contribution in [2.24, 2.45) is 0 Å². The maximum atomic E-state index is 5.88. The molecule has 0 radical (unpaired) electrons. The first-order valence-corrected chi connectivity index (χ1v) is 6.92. The van der Waals surface area contributed by atoms with Crippen LogP contribution in [0.4, 0.5) is 0 Å². The van der Waals surface area contributed by atoms with Crippen molar-refractivity contribution in [2.75, 3.05) is 24.7 Å². The zero-order valence-electron chi connectivity index (χ0n) is 9.95. The predicted octanol–water partition coefficient (Wildman–Crippen LogP) is 2.39. The molecule has 0 saturated carbocycles. The fourth-order valence-corrected chi connectivity index (χ4v) is 2.71. The summed E-state index contributed by atoms with van der Waals surface area (Å²) in [6.07, 6.45) is 0. The molecule has 1 heterocycles. The summed E-state index contributed by atoms with van der Waals surface area (Å²) in [5.41, 5.74) is 2.47. The fraction of sp³-hybridized carbons (Fsp3) is 0.538. The maximum Gasteiger partial charge on any atom is 0.122 e. The molecule has 2 nitrogen and oxygen atoms in total. The van der Waals surface area contributed by atoms with Crippen LogP contribution in [0.3, 0.4) is 0 Å². The van der Waals surface area contributed by atoms with Gasteiger partial charge in [-0.15, -0.1) is 0 Å². The Labute approximate surface area is 102 Å². The lowest BCUT2D eigenvalue weighted by molar-refractivity contribution is 0.274. The van der Waals surface area contributed by atoms with Crippen LogP contribution in [0.2, 0.25) is 0 Å². The Morgan fingerprint density at radius 3 is 3.06 bits per heavy atom. The van der Waals surface area contributed by atoms with Gasteiger partial charge in [0.25, 0.3) is 0 Å². The van der Waals surface area contributed by atoms with Crippen molar-refractivity contribution in [1.82, 2.24) is 5.32 Å². The highest BCUT2D eigenvalue weighted by Crippen LogP contribution is 2.19. The standard InChI is InChI=1S/C13H19NOS/c1-10-3-4-11(2)13(7-10)15-8-12-9-16-6-5-14-12/h3-4,7,12,14H,5-6,8-9H2,1-2H3. The zero-order valence-corrected chi connectivity index (χ0v) is 10.8. The van der Waals surface area contributed by atoms with Crippen LogP contribution in [0.25, 0.3) is 0 Å². The molecule has 0 bridgehead atoms. The van der Waals surface area contributed by atoms with E-state index >= 15 is 0 Å². The van der Waals surface area contributed by atoms with Crippen molar-refractivity contribution in [1.29, 1.82) is 0 Å². The normalized spacial score (nSPS) is 20.8. The van der Waals surface area contributed by atoms with Crippen LogP contribution >= 0.6 is 11.8 Å². The van der Waals surface area contributed by atoms with Crippen molar-refractivity contribution in [3.05, 3.63) is 29.3 Å². The minimum Gasteiger partial charge on any atom is -0.492 e. The van der Waals surface area contributed by atoms with Crippen LogP contribution in [-0.2, 0) is 0 Å². The van der Waals surface area contributed by atoms with Crippen LogP contribution in [0.5, 0.6) is 5.75 Å².